The van der Waals surface area contributed by atoms with E-state index in [-0.39, 0.29) is 18.4 Å². The number of ether oxygens (including phenoxy) is 1. The molecule has 16 heavy (non-hydrogen) atoms. The van der Waals surface area contributed by atoms with Crippen LogP contribution in [0.3, 0.4) is 0 Å². The van der Waals surface area contributed by atoms with Crippen LogP contribution in [0.4, 0.5) is 5.69 Å². The Hall–Kier alpha value is -1.62. The highest BCUT2D eigenvalue weighted by Crippen LogP contribution is 2.29. The molecule has 1 aliphatic rings. The van der Waals surface area contributed by atoms with Crippen molar-refractivity contribution in [2.75, 3.05) is 0 Å². The number of aliphatic hydroxyl groups is 1. The van der Waals surface area contributed by atoms with Gasteiger partial charge in [-0.15, -0.1) is 0 Å². The minimum absolute atomic E-state index is 0.0231. The lowest BCUT2D eigenvalue weighted by molar-refractivity contribution is -0.385. The van der Waals surface area contributed by atoms with Gasteiger partial charge in [0, 0.05) is 17.7 Å². The van der Waals surface area contributed by atoms with Gasteiger partial charge in [-0.05, 0) is 25.3 Å². The molecule has 0 spiro atoms. The second kappa shape index (κ2) is 4.49. The van der Waals surface area contributed by atoms with E-state index in [1.165, 1.54) is 12.1 Å². The zero-order valence-corrected chi connectivity index (χ0v) is 8.76. The predicted molar refractivity (Wildman–Crippen MR) is 57.3 cm³/mol. The largest absolute Gasteiger partial charge is 0.490 e. The van der Waals surface area contributed by atoms with Crippen LogP contribution in [0, 0.1) is 10.1 Å². The maximum atomic E-state index is 10.6. The first-order valence-corrected chi connectivity index (χ1v) is 5.25. The Bertz CT molecular complexity index is 401. The first-order chi connectivity index (χ1) is 7.70. The van der Waals surface area contributed by atoms with E-state index in [4.69, 9.17) is 9.84 Å². The highest BCUT2D eigenvalue weighted by molar-refractivity contribution is 5.43. The fourth-order valence-electron chi connectivity index (χ4n) is 1.59. The van der Waals surface area contributed by atoms with Crippen LogP contribution >= 0.6 is 0 Å². The van der Waals surface area contributed by atoms with Gasteiger partial charge in [0.2, 0.25) is 0 Å². The summed E-state index contributed by atoms with van der Waals surface area (Å²) in [4.78, 5) is 10.1. The molecule has 0 aliphatic heterocycles. The topological polar surface area (TPSA) is 72.6 Å². The minimum atomic E-state index is -0.480. The van der Waals surface area contributed by atoms with Crippen molar-refractivity contribution in [3.05, 3.63) is 33.9 Å². The van der Waals surface area contributed by atoms with Gasteiger partial charge in [0.15, 0.2) is 0 Å². The molecule has 1 aliphatic carbocycles. The van der Waals surface area contributed by atoms with Gasteiger partial charge < -0.3 is 9.84 Å². The third kappa shape index (κ3) is 2.14. The minimum Gasteiger partial charge on any atom is -0.490 e. The van der Waals surface area contributed by atoms with Crippen molar-refractivity contribution in [1.29, 1.82) is 0 Å². The van der Waals surface area contributed by atoms with Crippen molar-refractivity contribution in [2.45, 2.75) is 32.0 Å². The summed E-state index contributed by atoms with van der Waals surface area (Å²) in [6.07, 6.45) is 3.39. The predicted octanol–water partition coefficient (Wildman–Crippen LogP) is 2.02. The third-order valence-corrected chi connectivity index (χ3v) is 2.77. The van der Waals surface area contributed by atoms with Gasteiger partial charge in [-0.1, -0.05) is 0 Å². The Morgan fingerprint density at radius 2 is 2.25 bits per heavy atom. The zero-order chi connectivity index (χ0) is 11.5. The molecule has 1 aromatic carbocycles. The molecule has 1 fully saturated rings. The average molecular weight is 223 g/mol. The van der Waals surface area contributed by atoms with E-state index in [0.29, 0.717) is 11.3 Å². The number of aliphatic hydroxyl groups excluding tert-OH is 1. The molecule has 0 saturated heterocycles. The van der Waals surface area contributed by atoms with Crippen LogP contribution in [0.15, 0.2) is 18.2 Å². The van der Waals surface area contributed by atoms with E-state index in [1.54, 1.807) is 6.07 Å². The second-order valence-corrected chi connectivity index (χ2v) is 3.88. The number of nitrogens with zero attached hydrogens (tertiary/aromatic N) is 1. The van der Waals surface area contributed by atoms with Gasteiger partial charge in [-0.3, -0.25) is 10.1 Å². The lowest BCUT2D eigenvalue weighted by atomic mass is 9.96. The monoisotopic (exact) mass is 223 g/mol. The Balaban J connectivity index is 2.19. The average Bonchev–Trinajstić information content (AvgIpc) is 2.23. The Morgan fingerprint density at radius 1 is 1.50 bits per heavy atom. The van der Waals surface area contributed by atoms with Gasteiger partial charge in [0.05, 0.1) is 17.6 Å². The SMILES string of the molecule is O=[N+]([O-])c1ccc(OC2CCC2)c(CO)c1. The molecule has 0 aromatic heterocycles. The fourth-order valence-corrected chi connectivity index (χ4v) is 1.59. The molecular weight excluding hydrogens is 210 g/mol. The molecule has 5 heteroatoms. The molecule has 1 aromatic rings. The lowest BCUT2D eigenvalue weighted by Gasteiger charge is -2.27. The van der Waals surface area contributed by atoms with Gasteiger partial charge in [0.25, 0.3) is 5.69 Å². The highest BCUT2D eigenvalue weighted by Gasteiger charge is 2.21. The van der Waals surface area contributed by atoms with Gasteiger partial charge in [0.1, 0.15) is 5.75 Å². The number of rotatable bonds is 4. The van der Waals surface area contributed by atoms with E-state index in [0.717, 1.165) is 19.3 Å². The lowest BCUT2D eigenvalue weighted by Crippen LogP contribution is -2.25. The molecule has 0 unspecified atom stereocenters. The Morgan fingerprint density at radius 3 is 2.75 bits per heavy atom. The first kappa shape index (κ1) is 10.9. The summed E-state index contributed by atoms with van der Waals surface area (Å²) in [5.41, 5.74) is 0.450. The van der Waals surface area contributed by atoms with Crippen LogP contribution in [0.25, 0.3) is 0 Å². The molecule has 0 atom stereocenters. The molecule has 86 valence electrons. The maximum absolute atomic E-state index is 10.6. The number of benzene rings is 1. The number of hydrogen-bond donors (Lipinski definition) is 1. The van der Waals surface area contributed by atoms with Crippen molar-refractivity contribution in [3.63, 3.8) is 0 Å². The quantitative estimate of drug-likeness (QED) is 0.626. The summed E-state index contributed by atoms with van der Waals surface area (Å²) in [7, 11) is 0. The number of nitro benzene ring substituents is 1. The van der Waals surface area contributed by atoms with Crippen LogP contribution in [0.1, 0.15) is 24.8 Å². The highest BCUT2D eigenvalue weighted by atomic mass is 16.6. The zero-order valence-electron chi connectivity index (χ0n) is 8.76. The van der Waals surface area contributed by atoms with Gasteiger partial charge in [-0.2, -0.15) is 0 Å². The van der Waals surface area contributed by atoms with Crippen molar-refractivity contribution >= 4 is 5.69 Å². The Labute approximate surface area is 92.8 Å². The van der Waals surface area contributed by atoms with Gasteiger partial charge >= 0.3 is 0 Å². The van der Waals surface area contributed by atoms with Crippen LogP contribution < -0.4 is 4.74 Å². The van der Waals surface area contributed by atoms with E-state index < -0.39 is 4.92 Å². The van der Waals surface area contributed by atoms with E-state index in [2.05, 4.69) is 0 Å². The summed E-state index contributed by atoms with van der Waals surface area (Å²) < 4.78 is 5.62. The van der Waals surface area contributed by atoms with E-state index in [1.807, 2.05) is 0 Å². The van der Waals surface area contributed by atoms with Gasteiger partial charge in [-0.25, -0.2) is 0 Å². The van der Waals surface area contributed by atoms with Crippen LogP contribution in [-0.4, -0.2) is 16.1 Å². The summed E-state index contributed by atoms with van der Waals surface area (Å²) in [6.45, 7) is -0.246. The van der Waals surface area contributed by atoms with Crippen molar-refractivity contribution in [1.82, 2.24) is 0 Å². The number of nitro groups is 1. The fraction of sp³-hybridized carbons (Fsp3) is 0.455. The molecule has 1 saturated carbocycles. The molecule has 0 amide bonds. The number of non-ortho nitro benzene ring substituents is 1. The van der Waals surface area contributed by atoms with E-state index in [9.17, 15) is 10.1 Å². The van der Waals surface area contributed by atoms with Crippen LogP contribution in [0.5, 0.6) is 5.75 Å². The van der Waals surface area contributed by atoms with Crippen molar-refractivity contribution in [3.8, 4) is 5.75 Å². The normalized spacial score (nSPS) is 15.6. The number of hydrogen-bond acceptors (Lipinski definition) is 4. The molecule has 0 heterocycles. The first-order valence-electron chi connectivity index (χ1n) is 5.25. The molecule has 5 nitrogen and oxygen atoms in total. The third-order valence-electron chi connectivity index (χ3n) is 2.77. The smallest absolute Gasteiger partial charge is 0.270 e. The summed E-state index contributed by atoms with van der Waals surface area (Å²) in [5.74, 6) is 0.554. The molecule has 2 rings (SSSR count). The molecule has 1 N–H and O–H groups in total. The molecule has 0 bridgehead atoms. The van der Waals surface area contributed by atoms with Crippen molar-refractivity contribution < 1.29 is 14.8 Å². The molecular formula is C11H13NO4. The second-order valence-electron chi connectivity index (χ2n) is 3.88. The van der Waals surface area contributed by atoms with Crippen LogP contribution in [0.2, 0.25) is 0 Å². The Kier molecular flexibility index (Phi) is 3.05. The summed E-state index contributed by atoms with van der Waals surface area (Å²) in [5, 5.41) is 19.7. The standard InChI is InChI=1S/C11H13NO4/c13-7-8-6-9(12(14)15)4-5-11(8)16-10-2-1-3-10/h4-6,10,13H,1-3,7H2. The summed E-state index contributed by atoms with van der Waals surface area (Å²) >= 11 is 0. The molecule has 0 radical (unpaired) electrons. The van der Waals surface area contributed by atoms with Crippen LogP contribution in [-0.2, 0) is 6.61 Å². The van der Waals surface area contributed by atoms with Crippen molar-refractivity contribution in [2.24, 2.45) is 0 Å². The van der Waals surface area contributed by atoms with E-state index >= 15 is 0 Å². The summed E-state index contributed by atoms with van der Waals surface area (Å²) in [6, 6.07) is 4.31. The maximum Gasteiger partial charge on any atom is 0.270 e.